The highest BCUT2D eigenvalue weighted by Crippen LogP contribution is 2.24. The van der Waals surface area contributed by atoms with Crippen LogP contribution in [0, 0.1) is 6.92 Å². The first kappa shape index (κ1) is 22.4. The van der Waals surface area contributed by atoms with Gasteiger partial charge in [-0.2, -0.15) is 0 Å². The molecule has 0 unspecified atom stereocenters. The van der Waals surface area contributed by atoms with Gasteiger partial charge in [0.15, 0.2) is 5.60 Å². The summed E-state index contributed by atoms with van der Waals surface area (Å²) in [6.45, 7) is 5.28. The number of aromatic nitrogens is 2. The summed E-state index contributed by atoms with van der Waals surface area (Å²) >= 11 is 5.90. The maximum atomic E-state index is 12.7. The van der Waals surface area contributed by atoms with Crippen LogP contribution in [0.1, 0.15) is 19.7 Å². The second kappa shape index (κ2) is 9.22. The molecule has 3 aromatic rings. The minimum Gasteiger partial charge on any atom is -0.478 e. The van der Waals surface area contributed by atoms with Crippen LogP contribution in [0.4, 0.5) is 23.0 Å². The molecule has 31 heavy (non-hydrogen) atoms. The maximum Gasteiger partial charge on any atom is 0.267 e. The molecule has 0 spiro atoms. The maximum absolute atomic E-state index is 12.7. The van der Waals surface area contributed by atoms with Crippen molar-refractivity contribution in [2.24, 2.45) is 0 Å². The quantitative estimate of drug-likeness (QED) is 0.536. The van der Waals surface area contributed by atoms with Gasteiger partial charge in [0.05, 0.1) is 0 Å². The summed E-state index contributed by atoms with van der Waals surface area (Å²) in [5.74, 6) is 2.51. The number of carbonyl (C=O) groups excluding carboxylic acids is 1. The van der Waals surface area contributed by atoms with E-state index in [4.69, 9.17) is 16.3 Å². The highest BCUT2D eigenvalue weighted by atomic mass is 35.5. The molecule has 0 saturated carbocycles. The predicted octanol–water partition coefficient (Wildman–Crippen LogP) is 5.04. The Morgan fingerprint density at radius 3 is 2.23 bits per heavy atom. The number of aryl methyl sites for hydroxylation is 1. The lowest BCUT2D eigenvalue weighted by Gasteiger charge is -2.25. The Bertz CT molecular complexity index is 1050. The topological polar surface area (TPSA) is 79.4 Å². The molecule has 0 atom stereocenters. The molecule has 8 heteroatoms. The summed E-state index contributed by atoms with van der Waals surface area (Å²) < 4.78 is 5.83. The Balaban J connectivity index is 1.64. The molecule has 0 aliphatic heterocycles. The Kier molecular flexibility index (Phi) is 6.65. The zero-order chi connectivity index (χ0) is 22.6. The van der Waals surface area contributed by atoms with Crippen molar-refractivity contribution >= 4 is 40.5 Å². The molecule has 1 aromatic heterocycles. The fourth-order valence-electron chi connectivity index (χ4n) is 2.76. The lowest BCUT2D eigenvalue weighted by atomic mass is 10.1. The normalized spacial score (nSPS) is 11.0. The second-order valence-electron chi connectivity index (χ2n) is 7.78. The molecule has 0 radical (unpaired) electrons. The van der Waals surface area contributed by atoms with Gasteiger partial charge < -0.3 is 20.3 Å². The number of carbonyl (C=O) groups is 1. The molecule has 162 valence electrons. The number of rotatable bonds is 7. The standard InChI is InChI=1S/C23H26ClN5O2/c1-15-25-20(14-21(26-15)29(4)5)27-17-8-10-18(11-9-17)28-22(30)23(2,3)31-19-12-6-16(24)7-13-19/h6-14H,1-5H3,(H,28,30)(H,25,26,27). The SMILES string of the molecule is Cc1nc(Nc2ccc(NC(=O)C(C)(C)Oc3ccc(Cl)cc3)cc2)cc(N(C)C)n1. The lowest BCUT2D eigenvalue weighted by molar-refractivity contribution is -0.128. The van der Waals surface area contributed by atoms with E-state index in [1.54, 1.807) is 38.1 Å². The monoisotopic (exact) mass is 439 g/mol. The summed E-state index contributed by atoms with van der Waals surface area (Å²) in [5, 5.41) is 6.76. The molecule has 0 saturated heterocycles. The lowest BCUT2D eigenvalue weighted by Crippen LogP contribution is -2.42. The van der Waals surface area contributed by atoms with Gasteiger partial charge in [-0.25, -0.2) is 9.97 Å². The number of benzene rings is 2. The molecular weight excluding hydrogens is 414 g/mol. The molecule has 2 aromatic carbocycles. The minimum atomic E-state index is -1.06. The second-order valence-corrected chi connectivity index (χ2v) is 8.21. The van der Waals surface area contributed by atoms with Crippen molar-refractivity contribution in [3.63, 3.8) is 0 Å². The third kappa shape index (κ3) is 6.08. The molecular formula is C23H26ClN5O2. The number of amides is 1. The highest BCUT2D eigenvalue weighted by Gasteiger charge is 2.30. The Morgan fingerprint density at radius 2 is 1.61 bits per heavy atom. The fourth-order valence-corrected chi connectivity index (χ4v) is 2.88. The van der Waals surface area contributed by atoms with E-state index in [0.29, 0.717) is 28.1 Å². The summed E-state index contributed by atoms with van der Waals surface area (Å²) in [6, 6.07) is 16.2. The van der Waals surface area contributed by atoms with E-state index in [1.165, 1.54) is 0 Å². The molecule has 0 aliphatic carbocycles. The number of hydrogen-bond acceptors (Lipinski definition) is 6. The van der Waals surface area contributed by atoms with Gasteiger partial charge in [-0.3, -0.25) is 4.79 Å². The molecule has 7 nitrogen and oxygen atoms in total. The van der Waals surface area contributed by atoms with Crippen LogP contribution in [0.3, 0.4) is 0 Å². The van der Waals surface area contributed by atoms with Crippen molar-refractivity contribution < 1.29 is 9.53 Å². The van der Waals surface area contributed by atoms with E-state index in [1.807, 2.05) is 56.3 Å². The Morgan fingerprint density at radius 1 is 1.00 bits per heavy atom. The summed E-state index contributed by atoms with van der Waals surface area (Å²) in [7, 11) is 3.86. The zero-order valence-corrected chi connectivity index (χ0v) is 19.0. The number of anilines is 4. The summed E-state index contributed by atoms with van der Waals surface area (Å²) in [6.07, 6.45) is 0. The molecule has 0 bridgehead atoms. The highest BCUT2D eigenvalue weighted by molar-refractivity contribution is 6.30. The number of nitrogens with one attached hydrogen (secondary N) is 2. The van der Waals surface area contributed by atoms with E-state index in [2.05, 4.69) is 20.6 Å². The van der Waals surface area contributed by atoms with E-state index in [0.717, 1.165) is 11.5 Å². The minimum absolute atomic E-state index is 0.259. The Hall–Kier alpha value is -3.32. The Labute approximate surface area is 187 Å². The average Bonchev–Trinajstić information content (AvgIpc) is 2.70. The van der Waals surface area contributed by atoms with Crippen LogP contribution in [-0.2, 0) is 4.79 Å². The van der Waals surface area contributed by atoms with Crippen LogP contribution in [0.25, 0.3) is 0 Å². The molecule has 0 fully saturated rings. The smallest absolute Gasteiger partial charge is 0.267 e. The van der Waals surface area contributed by atoms with Gasteiger partial charge in [-0.05, 0) is 69.3 Å². The van der Waals surface area contributed by atoms with Crippen molar-refractivity contribution in [3.8, 4) is 5.75 Å². The number of nitrogens with zero attached hydrogens (tertiary/aromatic N) is 3. The van der Waals surface area contributed by atoms with Gasteiger partial charge in [0, 0.05) is 36.6 Å². The van der Waals surface area contributed by atoms with E-state index in [-0.39, 0.29) is 5.91 Å². The van der Waals surface area contributed by atoms with Crippen molar-refractivity contribution in [2.45, 2.75) is 26.4 Å². The van der Waals surface area contributed by atoms with Crippen molar-refractivity contribution in [2.75, 3.05) is 29.6 Å². The largest absolute Gasteiger partial charge is 0.478 e. The van der Waals surface area contributed by atoms with Gasteiger partial charge in [0.25, 0.3) is 5.91 Å². The van der Waals surface area contributed by atoms with Crippen LogP contribution in [0.15, 0.2) is 54.6 Å². The number of ether oxygens (including phenoxy) is 1. The van der Waals surface area contributed by atoms with Gasteiger partial charge in [0.1, 0.15) is 23.2 Å². The molecule has 1 heterocycles. The molecule has 2 N–H and O–H groups in total. The first-order chi connectivity index (χ1) is 14.6. The first-order valence-electron chi connectivity index (χ1n) is 9.78. The first-order valence-corrected chi connectivity index (χ1v) is 10.2. The summed E-state index contributed by atoms with van der Waals surface area (Å²) in [4.78, 5) is 23.4. The van der Waals surface area contributed by atoms with E-state index in [9.17, 15) is 4.79 Å². The molecule has 0 aliphatic rings. The molecule has 1 amide bonds. The van der Waals surface area contributed by atoms with Gasteiger partial charge >= 0.3 is 0 Å². The van der Waals surface area contributed by atoms with Crippen molar-refractivity contribution in [3.05, 3.63) is 65.4 Å². The van der Waals surface area contributed by atoms with Gasteiger partial charge in [-0.1, -0.05) is 11.6 Å². The average molecular weight is 440 g/mol. The number of hydrogen-bond donors (Lipinski definition) is 2. The predicted molar refractivity (Wildman–Crippen MR) is 126 cm³/mol. The summed E-state index contributed by atoms with van der Waals surface area (Å²) in [5.41, 5.74) is 0.444. The zero-order valence-electron chi connectivity index (χ0n) is 18.2. The van der Waals surface area contributed by atoms with Crippen LogP contribution in [0.2, 0.25) is 5.02 Å². The third-order valence-corrected chi connectivity index (χ3v) is 4.68. The van der Waals surface area contributed by atoms with Gasteiger partial charge in [-0.15, -0.1) is 0 Å². The van der Waals surface area contributed by atoms with Crippen LogP contribution in [-0.4, -0.2) is 35.6 Å². The third-order valence-electron chi connectivity index (χ3n) is 4.43. The van der Waals surface area contributed by atoms with Crippen molar-refractivity contribution in [1.29, 1.82) is 0 Å². The van der Waals surface area contributed by atoms with Crippen molar-refractivity contribution in [1.82, 2.24) is 9.97 Å². The van der Waals surface area contributed by atoms with Gasteiger partial charge in [0.2, 0.25) is 0 Å². The van der Waals surface area contributed by atoms with Crippen LogP contribution in [0.5, 0.6) is 5.75 Å². The van der Waals surface area contributed by atoms with Crippen LogP contribution >= 0.6 is 11.6 Å². The van der Waals surface area contributed by atoms with E-state index < -0.39 is 5.60 Å². The number of halogens is 1. The van der Waals surface area contributed by atoms with E-state index >= 15 is 0 Å². The molecule has 3 rings (SSSR count). The van der Waals surface area contributed by atoms with Crippen LogP contribution < -0.4 is 20.3 Å². The fraction of sp³-hybridized carbons (Fsp3) is 0.261.